The molecule has 0 fully saturated rings. The maximum absolute atomic E-state index is 5.99. The number of fused-ring (bicyclic) bond motifs is 1. The van der Waals surface area contributed by atoms with Crippen molar-refractivity contribution in [2.75, 3.05) is 4.90 Å². The topological polar surface area (TPSA) is 16.1 Å². The molecule has 1 aromatic heterocycles. The van der Waals surface area contributed by atoms with E-state index in [1.54, 1.807) is 0 Å². The summed E-state index contributed by atoms with van der Waals surface area (Å²) in [4.78, 5) is 6.66. The highest BCUT2D eigenvalue weighted by Gasteiger charge is 2.19. The predicted octanol–water partition coefficient (Wildman–Crippen LogP) is 3.26. The minimum atomic E-state index is 0.779. The Morgan fingerprint density at radius 3 is 2.88 bits per heavy atom. The van der Waals surface area contributed by atoms with Gasteiger partial charge >= 0.3 is 0 Å². The standard InChI is InChI=1S/C13H11ClN2/c14-11-4-1-5-12(7-11)16-8-10-3-2-6-15-13(10)9-16/h1-7H,8-9H2. The highest BCUT2D eigenvalue weighted by Crippen LogP contribution is 2.28. The molecule has 0 unspecified atom stereocenters. The van der Waals surface area contributed by atoms with E-state index in [0.717, 1.165) is 23.8 Å². The van der Waals surface area contributed by atoms with Crippen LogP contribution in [0.15, 0.2) is 42.6 Å². The van der Waals surface area contributed by atoms with E-state index in [1.165, 1.54) is 11.3 Å². The maximum atomic E-state index is 5.99. The second-order valence-corrected chi connectivity index (χ2v) is 4.38. The molecule has 3 rings (SSSR count). The first-order valence-electron chi connectivity index (χ1n) is 5.26. The molecule has 3 heteroatoms. The third-order valence-corrected chi connectivity index (χ3v) is 3.09. The normalized spacial score (nSPS) is 13.9. The Bertz CT molecular complexity index is 500. The summed E-state index contributed by atoms with van der Waals surface area (Å²) in [5.41, 5.74) is 3.63. The largest absolute Gasteiger partial charge is 0.361 e. The molecule has 80 valence electrons. The predicted molar refractivity (Wildman–Crippen MR) is 65.6 cm³/mol. The van der Waals surface area contributed by atoms with Crippen molar-refractivity contribution in [1.82, 2.24) is 4.98 Å². The molecule has 16 heavy (non-hydrogen) atoms. The van der Waals surface area contributed by atoms with E-state index in [9.17, 15) is 0 Å². The fourth-order valence-corrected chi connectivity index (χ4v) is 2.24. The van der Waals surface area contributed by atoms with Crippen molar-refractivity contribution in [3.05, 3.63) is 58.9 Å². The average Bonchev–Trinajstić information content (AvgIpc) is 2.72. The molecule has 2 heterocycles. The van der Waals surface area contributed by atoms with Crippen LogP contribution in [-0.2, 0) is 13.1 Å². The van der Waals surface area contributed by atoms with Crippen LogP contribution in [0, 0.1) is 0 Å². The van der Waals surface area contributed by atoms with Gasteiger partial charge in [0.05, 0.1) is 12.2 Å². The second kappa shape index (κ2) is 3.80. The number of anilines is 1. The van der Waals surface area contributed by atoms with Crippen LogP contribution in [0.25, 0.3) is 0 Å². The molecule has 1 aliphatic rings. The second-order valence-electron chi connectivity index (χ2n) is 3.95. The first-order valence-corrected chi connectivity index (χ1v) is 5.64. The number of nitrogens with zero attached hydrogens (tertiary/aromatic N) is 2. The van der Waals surface area contributed by atoms with Gasteiger partial charge in [0.25, 0.3) is 0 Å². The third kappa shape index (κ3) is 1.65. The van der Waals surface area contributed by atoms with Gasteiger partial charge in [-0.3, -0.25) is 4.98 Å². The molecule has 0 bridgehead atoms. The molecule has 1 aliphatic heterocycles. The minimum Gasteiger partial charge on any atom is -0.361 e. The number of benzene rings is 1. The van der Waals surface area contributed by atoms with E-state index in [1.807, 2.05) is 30.5 Å². The van der Waals surface area contributed by atoms with Crippen LogP contribution in [0.5, 0.6) is 0 Å². The number of halogens is 1. The molecular weight excluding hydrogens is 220 g/mol. The van der Waals surface area contributed by atoms with Gasteiger partial charge in [0.1, 0.15) is 0 Å². The molecule has 0 atom stereocenters. The molecule has 2 aromatic rings. The molecule has 0 saturated carbocycles. The van der Waals surface area contributed by atoms with Crippen LogP contribution >= 0.6 is 11.6 Å². The van der Waals surface area contributed by atoms with E-state index >= 15 is 0 Å². The van der Waals surface area contributed by atoms with Crippen LogP contribution in [0.2, 0.25) is 5.02 Å². The van der Waals surface area contributed by atoms with E-state index < -0.39 is 0 Å². The summed E-state index contributed by atoms with van der Waals surface area (Å²) in [6, 6.07) is 12.1. The lowest BCUT2D eigenvalue weighted by molar-refractivity contribution is 0.871. The van der Waals surface area contributed by atoms with Crippen molar-refractivity contribution < 1.29 is 0 Å². The SMILES string of the molecule is Clc1cccc(N2Cc3cccnc3C2)c1. The Morgan fingerprint density at radius 1 is 1.12 bits per heavy atom. The van der Waals surface area contributed by atoms with Gasteiger partial charge in [-0.25, -0.2) is 0 Å². The number of hydrogen-bond donors (Lipinski definition) is 0. The van der Waals surface area contributed by atoms with E-state index in [4.69, 9.17) is 11.6 Å². The molecule has 0 amide bonds. The fourth-order valence-electron chi connectivity index (χ4n) is 2.06. The van der Waals surface area contributed by atoms with Gasteiger partial charge in [-0.2, -0.15) is 0 Å². The van der Waals surface area contributed by atoms with Gasteiger partial charge < -0.3 is 4.90 Å². The van der Waals surface area contributed by atoms with Crippen LogP contribution in [-0.4, -0.2) is 4.98 Å². The Hall–Kier alpha value is -1.54. The summed E-state index contributed by atoms with van der Waals surface area (Å²) in [5.74, 6) is 0. The van der Waals surface area contributed by atoms with Crippen molar-refractivity contribution in [2.24, 2.45) is 0 Å². The molecule has 2 nitrogen and oxygen atoms in total. The highest BCUT2D eigenvalue weighted by molar-refractivity contribution is 6.30. The Balaban J connectivity index is 1.91. The van der Waals surface area contributed by atoms with Crippen molar-refractivity contribution in [1.29, 1.82) is 0 Å². The van der Waals surface area contributed by atoms with E-state index in [-0.39, 0.29) is 0 Å². The van der Waals surface area contributed by atoms with E-state index in [0.29, 0.717) is 0 Å². The quantitative estimate of drug-likeness (QED) is 0.748. The molecule has 0 radical (unpaired) electrons. The fraction of sp³-hybridized carbons (Fsp3) is 0.154. The third-order valence-electron chi connectivity index (χ3n) is 2.86. The highest BCUT2D eigenvalue weighted by atomic mass is 35.5. The van der Waals surface area contributed by atoms with Crippen LogP contribution in [0.4, 0.5) is 5.69 Å². The van der Waals surface area contributed by atoms with Gasteiger partial charge in [0.2, 0.25) is 0 Å². The van der Waals surface area contributed by atoms with Crippen molar-refractivity contribution in [2.45, 2.75) is 13.1 Å². The van der Waals surface area contributed by atoms with Crippen molar-refractivity contribution >= 4 is 17.3 Å². The summed E-state index contributed by atoms with van der Waals surface area (Å²) in [5, 5.41) is 0.779. The lowest BCUT2D eigenvalue weighted by atomic mass is 10.2. The van der Waals surface area contributed by atoms with Crippen LogP contribution < -0.4 is 4.90 Å². The monoisotopic (exact) mass is 230 g/mol. The van der Waals surface area contributed by atoms with Crippen LogP contribution in [0.1, 0.15) is 11.3 Å². The summed E-state index contributed by atoms with van der Waals surface area (Å²) >= 11 is 5.99. The number of pyridine rings is 1. The lowest BCUT2D eigenvalue weighted by Gasteiger charge is -2.17. The number of rotatable bonds is 1. The van der Waals surface area contributed by atoms with Crippen molar-refractivity contribution in [3.8, 4) is 0 Å². The number of aromatic nitrogens is 1. The first-order chi connectivity index (χ1) is 7.83. The smallest absolute Gasteiger partial charge is 0.0646 e. The van der Waals surface area contributed by atoms with E-state index in [2.05, 4.69) is 22.0 Å². The summed E-state index contributed by atoms with van der Waals surface area (Å²) in [6.07, 6.45) is 1.85. The Morgan fingerprint density at radius 2 is 2.06 bits per heavy atom. The van der Waals surface area contributed by atoms with Gasteiger partial charge in [-0.05, 0) is 29.8 Å². The van der Waals surface area contributed by atoms with Crippen molar-refractivity contribution in [3.63, 3.8) is 0 Å². The molecule has 0 aliphatic carbocycles. The maximum Gasteiger partial charge on any atom is 0.0646 e. The van der Waals surface area contributed by atoms with Crippen LogP contribution in [0.3, 0.4) is 0 Å². The molecular formula is C13H11ClN2. The van der Waals surface area contributed by atoms with Gasteiger partial charge in [0.15, 0.2) is 0 Å². The lowest BCUT2D eigenvalue weighted by Crippen LogP contribution is -2.14. The first kappa shape index (κ1) is 9.67. The average molecular weight is 231 g/mol. The molecule has 0 spiro atoms. The number of hydrogen-bond acceptors (Lipinski definition) is 2. The summed E-state index contributed by atoms with van der Waals surface area (Å²) < 4.78 is 0. The molecule has 0 N–H and O–H groups in total. The Kier molecular flexibility index (Phi) is 2.29. The summed E-state index contributed by atoms with van der Waals surface area (Å²) in [7, 11) is 0. The van der Waals surface area contributed by atoms with Gasteiger partial charge in [-0.15, -0.1) is 0 Å². The zero-order chi connectivity index (χ0) is 11.0. The Labute approximate surface area is 99.5 Å². The van der Waals surface area contributed by atoms with Gasteiger partial charge in [0, 0.05) is 23.5 Å². The van der Waals surface area contributed by atoms with Gasteiger partial charge in [-0.1, -0.05) is 23.7 Å². The molecule has 1 aromatic carbocycles. The molecule has 0 saturated heterocycles. The zero-order valence-electron chi connectivity index (χ0n) is 8.73. The minimum absolute atomic E-state index is 0.779. The summed E-state index contributed by atoms with van der Waals surface area (Å²) in [6.45, 7) is 1.79. The zero-order valence-corrected chi connectivity index (χ0v) is 9.48.